The summed E-state index contributed by atoms with van der Waals surface area (Å²) < 4.78 is 12.4. The summed E-state index contributed by atoms with van der Waals surface area (Å²) in [7, 11) is 10.00. The monoisotopic (exact) mass is 426 g/mol. The average Bonchev–Trinajstić information content (AvgIpc) is 2.73. The molecule has 0 amide bonds. The summed E-state index contributed by atoms with van der Waals surface area (Å²) in [5.41, 5.74) is 0.954. The normalized spacial score (nSPS) is 12.0. The van der Waals surface area contributed by atoms with Gasteiger partial charge in [-0.1, -0.05) is 59.5 Å². The molecule has 0 heterocycles. The van der Waals surface area contributed by atoms with Gasteiger partial charge in [0, 0.05) is 10.9 Å². The molecule has 30 heavy (non-hydrogen) atoms. The van der Waals surface area contributed by atoms with Gasteiger partial charge in [-0.2, -0.15) is 0 Å². The van der Waals surface area contributed by atoms with Crippen molar-refractivity contribution in [3.8, 4) is 11.5 Å². The van der Waals surface area contributed by atoms with Crippen LogP contribution in [-0.2, 0) is 6.61 Å². The van der Waals surface area contributed by atoms with Crippen LogP contribution in [0.25, 0.3) is 10.8 Å². The van der Waals surface area contributed by atoms with E-state index in [9.17, 15) is 0 Å². The van der Waals surface area contributed by atoms with Crippen molar-refractivity contribution in [3.63, 3.8) is 0 Å². The molecule has 0 spiro atoms. The van der Waals surface area contributed by atoms with Gasteiger partial charge in [0.2, 0.25) is 7.51 Å². The van der Waals surface area contributed by atoms with Gasteiger partial charge >= 0.3 is 0 Å². The molecule has 3 aromatic rings. The molecule has 0 aliphatic carbocycles. The van der Waals surface area contributed by atoms with Crippen LogP contribution in [0, 0.1) is 0 Å². The van der Waals surface area contributed by atoms with Gasteiger partial charge in [0.15, 0.2) is 5.75 Å². The van der Waals surface area contributed by atoms with E-state index >= 15 is 0 Å². The molecule has 0 aromatic heterocycles. The number of fused-ring (bicyclic) bond motifs is 1. The zero-order valence-electron chi connectivity index (χ0n) is 18.6. The fourth-order valence-corrected chi connectivity index (χ4v) is 6.35. The molecule has 0 fully saturated rings. The highest BCUT2D eigenvalue weighted by molar-refractivity contribution is 7.58. The second kappa shape index (κ2) is 9.63. The summed E-state index contributed by atoms with van der Waals surface area (Å²) >= 11 is 0. The number of hydrogen-bond acceptors (Lipinski definition) is 3. The lowest BCUT2D eigenvalue weighted by molar-refractivity contribution is 0.284. The largest absolute Gasteiger partial charge is 0.489 e. The third-order valence-corrected chi connectivity index (χ3v) is 8.47. The highest BCUT2D eigenvalue weighted by Gasteiger charge is 2.30. The molecular formula is C23H31N4O2P. The number of nitrogens with zero attached hydrogens (tertiary/aromatic N) is 4. The van der Waals surface area contributed by atoms with E-state index < -0.39 is 7.51 Å². The average molecular weight is 427 g/mol. The van der Waals surface area contributed by atoms with Crippen molar-refractivity contribution in [2.75, 3.05) is 42.3 Å². The van der Waals surface area contributed by atoms with E-state index in [1.54, 1.807) is 0 Å². The van der Waals surface area contributed by atoms with Crippen LogP contribution in [0.2, 0.25) is 0 Å². The Kier molecular flexibility index (Phi) is 7.16. The van der Waals surface area contributed by atoms with Crippen molar-refractivity contribution in [2.45, 2.75) is 6.61 Å². The van der Waals surface area contributed by atoms with Crippen LogP contribution >= 0.6 is 7.51 Å². The Balaban J connectivity index is 2.06. The van der Waals surface area contributed by atoms with Crippen molar-refractivity contribution >= 4 is 18.3 Å². The predicted molar refractivity (Wildman–Crippen MR) is 126 cm³/mol. The topological polar surface area (TPSA) is 40.5 Å². The number of ether oxygens (including phenoxy) is 1. The highest BCUT2D eigenvalue weighted by Crippen LogP contribution is 2.55. The quantitative estimate of drug-likeness (QED) is 0.359. The molecule has 0 saturated carbocycles. The lowest BCUT2D eigenvalue weighted by atomic mass is 10.1. The molecule has 0 radical (unpaired) electrons. The molecule has 0 unspecified atom stereocenters. The molecule has 0 N–H and O–H groups in total. The molecule has 0 aliphatic rings. The first-order chi connectivity index (χ1) is 14.4. The molecule has 0 atom stereocenters. The maximum atomic E-state index is 6.26. The second-order valence-electron chi connectivity index (χ2n) is 7.63. The van der Waals surface area contributed by atoms with Crippen LogP contribution in [0.5, 0.6) is 11.5 Å². The Morgan fingerprint density at radius 2 is 1.33 bits per heavy atom. The summed E-state index contributed by atoms with van der Waals surface area (Å²) in [4.78, 5) is 11.1. The van der Waals surface area contributed by atoms with Gasteiger partial charge in [-0.05, 0) is 59.8 Å². The molecule has 0 aliphatic heterocycles. The van der Waals surface area contributed by atoms with Crippen LogP contribution in [-0.4, -0.2) is 56.3 Å². The summed E-state index contributed by atoms with van der Waals surface area (Å²) in [6, 6.07) is 22.1. The minimum atomic E-state index is -2.19. The van der Waals surface area contributed by atoms with Crippen LogP contribution in [0.1, 0.15) is 5.56 Å². The fourth-order valence-electron chi connectivity index (χ4n) is 3.58. The summed E-state index contributed by atoms with van der Waals surface area (Å²) in [5.74, 6) is 1.56. The maximum absolute atomic E-state index is 6.26. The van der Waals surface area contributed by atoms with Gasteiger partial charge in [-0.15, -0.1) is 0 Å². The van der Waals surface area contributed by atoms with Crippen LogP contribution < -0.4 is 9.57 Å². The van der Waals surface area contributed by atoms with E-state index in [1.165, 1.54) is 0 Å². The van der Waals surface area contributed by atoms with E-state index in [0.717, 1.165) is 27.8 Å². The van der Waals surface area contributed by atoms with E-state index in [-0.39, 0.29) is 0 Å². The molecule has 7 heteroatoms. The minimum absolute atomic E-state index is 0.400. The first-order valence-electron chi connectivity index (χ1n) is 9.87. The standard InChI is InChI=1S/C23H31N4O2P/c1-25(2)30(26(3)4,27(5)6)24-29-23-20(18-28-21-13-8-7-9-14-21)17-16-19-12-10-11-15-22(19)23/h7-17H,18H2,1-6H3. The zero-order chi connectivity index (χ0) is 21.7. The second-order valence-corrected chi connectivity index (χ2v) is 11.3. The van der Waals surface area contributed by atoms with E-state index in [1.807, 2.05) is 84.8 Å². The number of benzene rings is 3. The Hall–Kier alpha value is -2.37. The highest BCUT2D eigenvalue weighted by atomic mass is 31.2. The lowest BCUT2D eigenvalue weighted by Crippen LogP contribution is -2.31. The first-order valence-corrected chi connectivity index (χ1v) is 11.5. The summed E-state index contributed by atoms with van der Waals surface area (Å²) in [6.07, 6.45) is 0. The lowest BCUT2D eigenvalue weighted by Gasteiger charge is -2.39. The van der Waals surface area contributed by atoms with Gasteiger partial charge in [0.05, 0.1) is 0 Å². The van der Waals surface area contributed by atoms with Crippen molar-refractivity contribution in [2.24, 2.45) is 4.91 Å². The zero-order valence-corrected chi connectivity index (χ0v) is 19.5. The number of rotatable bonds is 8. The summed E-state index contributed by atoms with van der Waals surface area (Å²) in [5, 5.41) is 2.12. The third-order valence-electron chi connectivity index (χ3n) is 4.95. The molecular weight excluding hydrogens is 395 g/mol. The fraction of sp³-hybridized carbons (Fsp3) is 0.304. The molecule has 160 valence electrons. The first kappa shape index (κ1) is 22.3. The van der Waals surface area contributed by atoms with Crippen molar-refractivity contribution in [1.82, 2.24) is 14.0 Å². The van der Waals surface area contributed by atoms with E-state index in [4.69, 9.17) is 14.5 Å². The van der Waals surface area contributed by atoms with E-state index in [0.29, 0.717) is 6.61 Å². The van der Waals surface area contributed by atoms with Crippen LogP contribution in [0.3, 0.4) is 0 Å². The SMILES string of the molecule is CN(C)P(=NOc1c(COc2ccccc2)ccc2ccccc12)(N(C)C)N(C)C. The predicted octanol–water partition coefficient (Wildman–Crippen LogP) is 5.34. The Labute approximate surface area is 179 Å². The van der Waals surface area contributed by atoms with Crippen LogP contribution in [0.4, 0.5) is 0 Å². The Morgan fingerprint density at radius 1 is 0.733 bits per heavy atom. The number of para-hydroxylation sites is 1. The van der Waals surface area contributed by atoms with Crippen LogP contribution in [0.15, 0.2) is 71.6 Å². The number of hydrogen-bond donors (Lipinski definition) is 0. The van der Waals surface area contributed by atoms with Gasteiger partial charge in [0.25, 0.3) is 0 Å². The van der Waals surface area contributed by atoms with E-state index in [2.05, 4.69) is 38.3 Å². The van der Waals surface area contributed by atoms with Gasteiger partial charge in [-0.3, -0.25) is 0 Å². The van der Waals surface area contributed by atoms with Crippen molar-refractivity contribution < 1.29 is 9.57 Å². The minimum Gasteiger partial charge on any atom is -0.489 e. The molecule has 0 saturated heterocycles. The van der Waals surface area contributed by atoms with Crippen molar-refractivity contribution in [1.29, 1.82) is 0 Å². The summed E-state index contributed by atoms with van der Waals surface area (Å²) in [6.45, 7) is 0.400. The Bertz CT molecular complexity index is 1010. The van der Waals surface area contributed by atoms with Gasteiger partial charge < -0.3 is 9.57 Å². The molecule has 6 nitrogen and oxygen atoms in total. The molecule has 0 bridgehead atoms. The Morgan fingerprint density at radius 3 is 1.97 bits per heavy atom. The van der Waals surface area contributed by atoms with Crippen molar-refractivity contribution in [3.05, 3.63) is 72.3 Å². The molecule has 3 rings (SSSR count). The molecule has 3 aromatic carbocycles. The van der Waals surface area contributed by atoms with Gasteiger partial charge in [-0.25, -0.2) is 14.0 Å². The van der Waals surface area contributed by atoms with Gasteiger partial charge in [0.1, 0.15) is 12.4 Å². The maximum Gasteiger partial charge on any atom is 0.210 e. The smallest absolute Gasteiger partial charge is 0.210 e. The third kappa shape index (κ3) is 4.52.